The number of benzene rings is 1. The summed E-state index contributed by atoms with van der Waals surface area (Å²) in [7, 11) is 0. The summed E-state index contributed by atoms with van der Waals surface area (Å²) >= 11 is 0. The second-order valence-corrected chi connectivity index (χ2v) is 5.78. The van der Waals surface area contributed by atoms with Crippen molar-refractivity contribution in [3.63, 3.8) is 0 Å². The van der Waals surface area contributed by atoms with E-state index in [2.05, 4.69) is 0 Å². The molecule has 108 valence electrons. The molecule has 0 bridgehead atoms. The van der Waals surface area contributed by atoms with Crippen molar-refractivity contribution in [2.75, 3.05) is 13.2 Å². The highest BCUT2D eigenvalue weighted by molar-refractivity contribution is 5.97. The normalized spacial score (nSPS) is 26.1. The summed E-state index contributed by atoms with van der Waals surface area (Å²) in [5.74, 6) is 0.0107. The molecule has 1 aromatic carbocycles. The third kappa shape index (κ3) is 2.40. The molecule has 1 aromatic rings. The maximum Gasteiger partial charge on any atom is 0.258 e. The van der Waals surface area contributed by atoms with E-state index in [0.717, 1.165) is 24.8 Å². The minimum Gasteiger partial charge on any atom is -0.507 e. The van der Waals surface area contributed by atoms with Crippen molar-refractivity contribution in [1.29, 1.82) is 0 Å². The Morgan fingerprint density at radius 1 is 1.35 bits per heavy atom. The van der Waals surface area contributed by atoms with Crippen molar-refractivity contribution >= 4 is 5.91 Å². The van der Waals surface area contributed by atoms with E-state index in [4.69, 9.17) is 4.74 Å². The van der Waals surface area contributed by atoms with Crippen molar-refractivity contribution in [1.82, 2.24) is 4.90 Å². The minimum atomic E-state index is -0.0669. The van der Waals surface area contributed by atoms with Crippen LogP contribution < -0.4 is 0 Å². The molecule has 0 radical (unpaired) electrons. The molecule has 1 aliphatic carbocycles. The summed E-state index contributed by atoms with van der Waals surface area (Å²) in [5.41, 5.74) is 1.36. The highest BCUT2D eigenvalue weighted by Crippen LogP contribution is 2.30. The van der Waals surface area contributed by atoms with Crippen LogP contribution in [0.3, 0.4) is 0 Å². The summed E-state index contributed by atoms with van der Waals surface area (Å²) < 4.78 is 5.79. The summed E-state index contributed by atoms with van der Waals surface area (Å²) in [6.45, 7) is 3.12. The first kappa shape index (κ1) is 13.4. The fraction of sp³-hybridized carbons (Fsp3) is 0.562. The molecule has 4 heteroatoms. The first-order valence-corrected chi connectivity index (χ1v) is 7.39. The van der Waals surface area contributed by atoms with Crippen LogP contribution in [0.25, 0.3) is 0 Å². The largest absolute Gasteiger partial charge is 0.507 e. The summed E-state index contributed by atoms with van der Waals surface area (Å²) in [5, 5.41) is 10.0. The average molecular weight is 275 g/mol. The van der Waals surface area contributed by atoms with E-state index in [1.54, 1.807) is 12.1 Å². The SMILES string of the molecule is Cc1ccc(C(=O)N2CCOC3CCCCC32)c(O)c1. The zero-order chi connectivity index (χ0) is 14.1. The number of aromatic hydroxyl groups is 1. The first-order valence-electron chi connectivity index (χ1n) is 7.39. The molecule has 1 aliphatic heterocycles. The van der Waals surface area contributed by atoms with Gasteiger partial charge in [-0.2, -0.15) is 0 Å². The zero-order valence-electron chi connectivity index (χ0n) is 11.8. The van der Waals surface area contributed by atoms with Crippen LogP contribution >= 0.6 is 0 Å². The summed E-state index contributed by atoms with van der Waals surface area (Å²) in [6, 6.07) is 5.41. The van der Waals surface area contributed by atoms with Crippen molar-refractivity contribution in [2.24, 2.45) is 0 Å². The molecule has 1 amide bonds. The fourth-order valence-electron chi connectivity index (χ4n) is 3.33. The number of nitrogens with zero attached hydrogens (tertiary/aromatic N) is 1. The third-order valence-corrected chi connectivity index (χ3v) is 4.38. The lowest BCUT2D eigenvalue weighted by atomic mass is 9.89. The van der Waals surface area contributed by atoms with Gasteiger partial charge in [0.05, 0.1) is 24.3 Å². The maximum absolute atomic E-state index is 12.7. The molecule has 1 saturated carbocycles. The average Bonchev–Trinajstić information content (AvgIpc) is 2.46. The van der Waals surface area contributed by atoms with Gasteiger partial charge in [0.25, 0.3) is 5.91 Å². The van der Waals surface area contributed by atoms with Gasteiger partial charge in [0.15, 0.2) is 0 Å². The molecule has 2 fully saturated rings. The Balaban J connectivity index is 1.85. The highest BCUT2D eigenvalue weighted by Gasteiger charge is 2.37. The molecule has 20 heavy (non-hydrogen) atoms. The number of hydrogen-bond donors (Lipinski definition) is 1. The number of ether oxygens (including phenoxy) is 1. The first-order chi connectivity index (χ1) is 9.66. The number of rotatable bonds is 1. The molecule has 1 saturated heterocycles. The van der Waals surface area contributed by atoms with Crippen LogP contribution in [-0.4, -0.2) is 41.2 Å². The Morgan fingerprint density at radius 3 is 2.95 bits per heavy atom. The number of carbonyl (C=O) groups is 1. The van der Waals surface area contributed by atoms with Crippen molar-refractivity contribution < 1.29 is 14.6 Å². The predicted octanol–water partition coefficient (Wildman–Crippen LogP) is 2.48. The van der Waals surface area contributed by atoms with E-state index in [0.29, 0.717) is 18.7 Å². The van der Waals surface area contributed by atoms with Gasteiger partial charge in [0, 0.05) is 6.54 Å². The second kappa shape index (κ2) is 5.44. The number of morpholine rings is 1. The van der Waals surface area contributed by atoms with E-state index >= 15 is 0 Å². The Labute approximate surface area is 119 Å². The molecule has 0 spiro atoms. The van der Waals surface area contributed by atoms with E-state index in [9.17, 15) is 9.90 Å². The smallest absolute Gasteiger partial charge is 0.258 e. The van der Waals surface area contributed by atoms with Gasteiger partial charge in [-0.05, 0) is 37.5 Å². The lowest BCUT2D eigenvalue weighted by molar-refractivity contribution is -0.0753. The van der Waals surface area contributed by atoms with Crippen LogP contribution in [0.2, 0.25) is 0 Å². The molecule has 0 aromatic heterocycles. The predicted molar refractivity (Wildman–Crippen MR) is 75.9 cm³/mol. The van der Waals surface area contributed by atoms with E-state index in [-0.39, 0.29) is 23.8 Å². The Bertz CT molecular complexity index is 512. The van der Waals surface area contributed by atoms with Crippen LogP contribution in [0.15, 0.2) is 18.2 Å². The van der Waals surface area contributed by atoms with Crippen molar-refractivity contribution in [3.05, 3.63) is 29.3 Å². The molecular weight excluding hydrogens is 254 g/mol. The third-order valence-electron chi connectivity index (χ3n) is 4.38. The highest BCUT2D eigenvalue weighted by atomic mass is 16.5. The van der Waals surface area contributed by atoms with Gasteiger partial charge in [0.2, 0.25) is 0 Å². The molecule has 2 unspecified atom stereocenters. The number of phenols is 1. The van der Waals surface area contributed by atoms with Crippen LogP contribution in [0.4, 0.5) is 0 Å². The molecule has 1 N–H and O–H groups in total. The zero-order valence-corrected chi connectivity index (χ0v) is 11.8. The van der Waals surface area contributed by atoms with E-state index < -0.39 is 0 Å². The molecule has 4 nitrogen and oxygen atoms in total. The fourth-order valence-corrected chi connectivity index (χ4v) is 3.33. The minimum absolute atomic E-state index is 0.0669. The van der Waals surface area contributed by atoms with Crippen LogP contribution in [0, 0.1) is 6.92 Å². The molecule has 2 aliphatic rings. The van der Waals surface area contributed by atoms with Gasteiger partial charge >= 0.3 is 0 Å². The number of amides is 1. The lowest BCUT2D eigenvalue weighted by Gasteiger charge is -2.43. The van der Waals surface area contributed by atoms with Gasteiger partial charge in [-0.3, -0.25) is 4.79 Å². The van der Waals surface area contributed by atoms with E-state index in [1.807, 2.05) is 17.9 Å². The Hall–Kier alpha value is -1.55. The lowest BCUT2D eigenvalue weighted by Crippen LogP contribution is -2.54. The van der Waals surface area contributed by atoms with Gasteiger partial charge in [-0.25, -0.2) is 0 Å². The topological polar surface area (TPSA) is 49.8 Å². The summed E-state index contributed by atoms with van der Waals surface area (Å²) in [4.78, 5) is 14.6. The summed E-state index contributed by atoms with van der Waals surface area (Å²) in [6.07, 6.45) is 4.54. The number of aryl methyl sites for hydroxylation is 1. The van der Waals surface area contributed by atoms with E-state index in [1.165, 1.54) is 6.42 Å². The van der Waals surface area contributed by atoms with Crippen LogP contribution in [-0.2, 0) is 4.74 Å². The number of phenolic OH excluding ortho intramolecular Hbond substituents is 1. The molecule has 3 rings (SSSR count). The van der Waals surface area contributed by atoms with Gasteiger partial charge in [-0.1, -0.05) is 18.9 Å². The monoisotopic (exact) mass is 275 g/mol. The second-order valence-electron chi connectivity index (χ2n) is 5.78. The Morgan fingerprint density at radius 2 is 2.15 bits per heavy atom. The molecule has 1 heterocycles. The van der Waals surface area contributed by atoms with Crippen molar-refractivity contribution in [2.45, 2.75) is 44.8 Å². The number of fused-ring (bicyclic) bond motifs is 1. The standard InChI is InChI=1S/C16H21NO3/c1-11-6-7-12(14(18)10-11)16(19)17-8-9-20-15-5-3-2-4-13(15)17/h6-7,10,13,15,18H,2-5,8-9H2,1H3. The van der Waals surface area contributed by atoms with Crippen molar-refractivity contribution in [3.8, 4) is 5.75 Å². The van der Waals surface area contributed by atoms with Gasteiger partial charge in [0.1, 0.15) is 5.75 Å². The number of hydrogen-bond acceptors (Lipinski definition) is 3. The van der Waals surface area contributed by atoms with Gasteiger partial charge in [-0.15, -0.1) is 0 Å². The maximum atomic E-state index is 12.7. The quantitative estimate of drug-likeness (QED) is 0.856. The van der Waals surface area contributed by atoms with Crippen LogP contribution in [0.1, 0.15) is 41.6 Å². The Kier molecular flexibility index (Phi) is 3.66. The number of carbonyl (C=O) groups excluding carboxylic acids is 1. The molecular formula is C16H21NO3. The van der Waals surface area contributed by atoms with Crippen LogP contribution in [0.5, 0.6) is 5.75 Å². The molecule has 2 atom stereocenters. The van der Waals surface area contributed by atoms with Gasteiger partial charge < -0.3 is 14.7 Å².